The summed E-state index contributed by atoms with van der Waals surface area (Å²) in [5.41, 5.74) is 0.609. The first-order valence-corrected chi connectivity index (χ1v) is 12.5. The first-order chi connectivity index (χ1) is 12.5. The lowest BCUT2D eigenvalue weighted by Gasteiger charge is -2.40. The van der Waals surface area contributed by atoms with E-state index in [1.807, 2.05) is 0 Å². The lowest BCUT2D eigenvalue weighted by molar-refractivity contribution is 0.110. The van der Waals surface area contributed by atoms with E-state index in [0.29, 0.717) is 5.41 Å². The monoisotopic (exact) mass is 364 g/mol. The van der Waals surface area contributed by atoms with Crippen LogP contribution in [0.3, 0.4) is 0 Å². The second kappa shape index (κ2) is 14.1. The van der Waals surface area contributed by atoms with Crippen molar-refractivity contribution >= 4 is 0 Å². The first kappa shape index (κ1) is 24.0. The zero-order valence-corrected chi connectivity index (χ0v) is 19.3. The van der Waals surface area contributed by atoms with E-state index in [0.717, 1.165) is 17.8 Å². The predicted molar refractivity (Wildman–Crippen MR) is 120 cm³/mol. The maximum absolute atomic E-state index is 2.69. The molecule has 1 fully saturated rings. The largest absolute Gasteiger partial charge is 0.0654 e. The highest BCUT2D eigenvalue weighted by atomic mass is 14.4. The van der Waals surface area contributed by atoms with Crippen molar-refractivity contribution in [3.8, 4) is 0 Å². The Morgan fingerprint density at radius 1 is 0.731 bits per heavy atom. The van der Waals surface area contributed by atoms with Crippen molar-refractivity contribution in [1.82, 2.24) is 0 Å². The molecule has 1 saturated carbocycles. The molecule has 0 spiro atoms. The van der Waals surface area contributed by atoms with E-state index in [9.17, 15) is 0 Å². The van der Waals surface area contributed by atoms with Gasteiger partial charge in [0.15, 0.2) is 0 Å². The van der Waals surface area contributed by atoms with Crippen LogP contribution < -0.4 is 0 Å². The Balaban J connectivity index is 2.76. The molecule has 0 amide bonds. The zero-order chi connectivity index (χ0) is 19.3. The van der Waals surface area contributed by atoms with Crippen LogP contribution in [0.15, 0.2) is 0 Å². The second-order valence-electron chi connectivity index (χ2n) is 10.3. The van der Waals surface area contributed by atoms with Gasteiger partial charge in [-0.3, -0.25) is 0 Å². The Bertz CT molecular complexity index is 310. The summed E-state index contributed by atoms with van der Waals surface area (Å²) >= 11 is 0. The van der Waals surface area contributed by atoms with Gasteiger partial charge in [-0.15, -0.1) is 0 Å². The third-order valence-corrected chi connectivity index (χ3v) is 7.51. The molecule has 1 aliphatic carbocycles. The SMILES string of the molecule is CCCCCC(CCCCC)C1(C)CCCCCCC(C)CC(C)CC1. The summed E-state index contributed by atoms with van der Waals surface area (Å²) in [5, 5.41) is 0. The molecule has 156 valence electrons. The maximum Gasteiger partial charge on any atom is -0.0297 e. The lowest BCUT2D eigenvalue weighted by atomic mass is 9.65. The number of hydrogen-bond acceptors (Lipinski definition) is 0. The van der Waals surface area contributed by atoms with Crippen LogP contribution in [0.25, 0.3) is 0 Å². The van der Waals surface area contributed by atoms with Crippen LogP contribution in [0.5, 0.6) is 0 Å². The van der Waals surface area contributed by atoms with Crippen LogP contribution >= 0.6 is 0 Å². The van der Waals surface area contributed by atoms with Gasteiger partial charge in [0, 0.05) is 0 Å². The fourth-order valence-corrected chi connectivity index (χ4v) is 5.53. The molecule has 0 saturated heterocycles. The molecule has 3 atom stereocenters. The minimum atomic E-state index is 0.609. The summed E-state index contributed by atoms with van der Waals surface area (Å²) < 4.78 is 0. The highest BCUT2D eigenvalue weighted by Crippen LogP contribution is 2.45. The van der Waals surface area contributed by atoms with Gasteiger partial charge in [-0.25, -0.2) is 0 Å². The molecule has 0 aromatic rings. The summed E-state index contributed by atoms with van der Waals surface area (Å²) in [6, 6.07) is 0. The third-order valence-electron chi connectivity index (χ3n) is 7.51. The minimum Gasteiger partial charge on any atom is -0.0654 e. The predicted octanol–water partition coefficient (Wildman–Crippen LogP) is 9.57. The smallest absolute Gasteiger partial charge is 0.0297 e. The van der Waals surface area contributed by atoms with Crippen molar-refractivity contribution in [2.45, 2.75) is 144 Å². The zero-order valence-electron chi connectivity index (χ0n) is 19.3. The first-order valence-electron chi connectivity index (χ1n) is 12.5. The standard InChI is InChI=1S/C26H52/c1-6-8-12-17-25(18-13-9-7-2)26(5)20-15-11-10-14-16-23(3)22-24(4)19-21-26/h23-25H,6-22H2,1-5H3. The molecular weight excluding hydrogens is 312 g/mol. The maximum atomic E-state index is 2.69. The molecule has 0 aromatic carbocycles. The number of rotatable bonds is 9. The van der Waals surface area contributed by atoms with Crippen molar-refractivity contribution in [2.75, 3.05) is 0 Å². The van der Waals surface area contributed by atoms with Gasteiger partial charge in [0.25, 0.3) is 0 Å². The van der Waals surface area contributed by atoms with E-state index in [1.165, 1.54) is 109 Å². The number of unbranched alkanes of at least 4 members (excludes halogenated alkanes) is 4. The van der Waals surface area contributed by atoms with Crippen molar-refractivity contribution in [3.05, 3.63) is 0 Å². The van der Waals surface area contributed by atoms with Crippen LogP contribution in [-0.2, 0) is 0 Å². The van der Waals surface area contributed by atoms with E-state index in [2.05, 4.69) is 34.6 Å². The van der Waals surface area contributed by atoms with Crippen LogP contribution in [-0.4, -0.2) is 0 Å². The van der Waals surface area contributed by atoms with Crippen molar-refractivity contribution in [2.24, 2.45) is 23.2 Å². The molecule has 26 heavy (non-hydrogen) atoms. The van der Waals surface area contributed by atoms with Gasteiger partial charge >= 0.3 is 0 Å². The molecule has 0 heteroatoms. The third kappa shape index (κ3) is 9.80. The van der Waals surface area contributed by atoms with Crippen molar-refractivity contribution in [1.29, 1.82) is 0 Å². The summed E-state index contributed by atoms with van der Waals surface area (Å²) in [6.07, 6.45) is 24.9. The molecular formula is C26H52. The molecule has 0 nitrogen and oxygen atoms in total. The van der Waals surface area contributed by atoms with Crippen LogP contribution in [0.2, 0.25) is 0 Å². The van der Waals surface area contributed by atoms with Crippen LogP contribution in [0.1, 0.15) is 144 Å². The molecule has 0 N–H and O–H groups in total. The molecule has 0 aromatic heterocycles. The molecule has 1 aliphatic rings. The summed E-state index contributed by atoms with van der Waals surface area (Å²) in [4.78, 5) is 0. The molecule has 3 unspecified atom stereocenters. The fraction of sp³-hybridized carbons (Fsp3) is 1.00. The minimum absolute atomic E-state index is 0.609. The van der Waals surface area contributed by atoms with Gasteiger partial charge in [0.1, 0.15) is 0 Å². The van der Waals surface area contributed by atoms with Crippen molar-refractivity contribution in [3.63, 3.8) is 0 Å². The molecule has 0 radical (unpaired) electrons. The summed E-state index contributed by atoms with van der Waals surface area (Å²) in [7, 11) is 0. The molecule has 0 aliphatic heterocycles. The van der Waals surface area contributed by atoms with Crippen LogP contribution in [0.4, 0.5) is 0 Å². The lowest BCUT2D eigenvalue weighted by Crippen LogP contribution is -2.29. The average molecular weight is 365 g/mol. The van der Waals surface area contributed by atoms with E-state index < -0.39 is 0 Å². The normalized spacial score (nSPS) is 29.3. The quantitative estimate of drug-likeness (QED) is 0.357. The van der Waals surface area contributed by atoms with Gasteiger partial charge in [-0.05, 0) is 55.3 Å². The summed E-state index contributed by atoms with van der Waals surface area (Å²) in [6.45, 7) is 12.4. The summed E-state index contributed by atoms with van der Waals surface area (Å²) in [5.74, 6) is 2.85. The molecule has 0 heterocycles. The van der Waals surface area contributed by atoms with Crippen LogP contribution in [0, 0.1) is 23.2 Å². The Labute approximate surface area is 167 Å². The second-order valence-corrected chi connectivity index (χ2v) is 10.3. The van der Waals surface area contributed by atoms with Gasteiger partial charge in [-0.2, -0.15) is 0 Å². The topological polar surface area (TPSA) is 0 Å². The van der Waals surface area contributed by atoms with Gasteiger partial charge < -0.3 is 0 Å². The number of hydrogen-bond donors (Lipinski definition) is 0. The Morgan fingerprint density at radius 2 is 1.31 bits per heavy atom. The Hall–Kier alpha value is 0. The molecule has 1 rings (SSSR count). The fourth-order valence-electron chi connectivity index (χ4n) is 5.53. The Morgan fingerprint density at radius 3 is 1.92 bits per heavy atom. The molecule has 0 bridgehead atoms. The highest BCUT2D eigenvalue weighted by molar-refractivity contribution is 4.84. The van der Waals surface area contributed by atoms with Gasteiger partial charge in [-0.1, -0.05) is 112 Å². The van der Waals surface area contributed by atoms with E-state index in [1.54, 1.807) is 0 Å². The van der Waals surface area contributed by atoms with E-state index >= 15 is 0 Å². The van der Waals surface area contributed by atoms with Gasteiger partial charge in [0.05, 0.1) is 0 Å². The highest BCUT2D eigenvalue weighted by Gasteiger charge is 2.33. The van der Waals surface area contributed by atoms with E-state index in [-0.39, 0.29) is 0 Å². The van der Waals surface area contributed by atoms with E-state index in [4.69, 9.17) is 0 Å². The Kier molecular flexibility index (Phi) is 13.0. The van der Waals surface area contributed by atoms with Gasteiger partial charge in [0.2, 0.25) is 0 Å². The average Bonchev–Trinajstić information content (AvgIpc) is 2.61. The van der Waals surface area contributed by atoms with Crippen molar-refractivity contribution < 1.29 is 0 Å².